The SMILES string of the molecule is CCn1nc(C(F)F)c(CS(=O)C2=NOC(C)(C)C2)c1OCC(F)(F)F. The maximum absolute atomic E-state index is 13.3. The van der Waals surface area contributed by atoms with Crippen LogP contribution in [0.5, 0.6) is 5.88 Å². The summed E-state index contributed by atoms with van der Waals surface area (Å²) in [5.74, 6) is -0.960. The van der Waals surface area contributed by atoms with E-state index in [0.29, 0.717) is 0 Å². The lowest BCUT2D eigenvalue weighted by Crippen LogP contribution is -2.22. The molecule has 0 spiro atoms. The Bertz CT molecular complexity index is 715. The summed E-state index contributed by atoms with van der Waals surface area (Å²) < 4.78 is 82.0. The summed E-state index contributed by atoms with van der Waals surface area (Å²) in [4.78, 5) is 5.08. The van der Waals surface area contributed by atoms with E-state index >= 15 is 0 Å². The lowest BCUT2D eigenvalue weighted by molar-refractivity contribution is -0.154. The summed E-state index contributed by atoms with van der Waals surface area (Å²) in [7, 11) is -1.87. The average Bonchev–Trinajstić information content (AvgIpc) is 3.04. The second kappa shape index (κ2) is 7.49. The monoisotopic (exact) mass is 403 g/mol. The molecule has 0 N–H and O–H groups in total. The van der Waals surface area contributed by atoms with E-state index in [1.165, 1.54) is 6.92 Å². The van der Waals surface area contributed by atoms with Gasteiger partial charge in [0.25, 0.3) is 6.43 Å². The van der Waals surface area contributed by atoms with Gasteiger partial charge in [-0.05, 0) is 20.8 Å². The van der Waals surface area contributed by atoms with Crippen molar-refractivity contribution in [1.82, 2.24) is 9.78 Å². The number of hydrogen-bond donors (Lipinski definition) is 0. The molecular formula is C14H18F5N3O3S. The van der Waals surface area contributed by atoms with E-state index in [1.54, 1.807) is 13.8 Å². The van der Waals surface area contributed by atoms with E-state index in [2.05, 4.69) is 10.3 Å². The first-order valence-corrected chi connectivity index (χ1v) is 8.96. The number of rotatable bonds is 6. The number of aromatic nitrogens is 2. The predicted molar refractivity (Wildman–Crippen MR) is 83.5 cm³/mol. The van der Waals surface area contributed by atoms with Crippen molar-refractivity contribution >= 4 is 15.8 Å². The van der Waals surface area contributed by atoms with Crippen molar-refractivity contribution in [3.8, 4) is 5.88 Å². The molecule has 0 amide bonds. The van der Waals surface area contributed by atoms with Crippen LogP contribution in [0.1, 0.15) is 44.9 Å². The third kappa shape index (κ3) is 4.92. The van der Waals surface area contributed by atoms with Crippen LogP contribution in [0.25, 0.3) is 0 Å². The molecule has 1 unspecified atom stereocenters. The molecule has 2 rings (SSSR count). The van der Waals surface area contributed by atoms with E-state index < -0.39 is 52.9 Å². The number of alkyl halides is 5. The molecule has 0 saturated carbocycles. The lowest BCUT2D eigenvalue weighted by atomic mass is 10.1. The Morgan fingerprint density at radius 3 is 2.50 bits per heavy atom. The predicted octanol–water partition coefficient (Wildman–Crippen LogP) is 3.54. The zero-order chi connectivity index (χ0) is 19.7. The first kappa shape index (κ1) is 20.6. The van der Waals surface area contributed by atoms with Crippen LogP contribution in [0.3, 0.4) is 0 Å². The molecule has 6 nitrogen and oxygen atoms in total. The van der Waals surface area contributed by atoms with E-state index in [9.17, 15) is 26.2 Å². The van der Waals surface area contributed by atoms with E-state index in [0.717, 1.165) is 4.68 Å². The van der Waals surface area contributed by atoms with E-state index in [4.69, 9.17) is 9.57 Å². The molecule has 0 saturated heterocycles. The molecule has 1 aromatic heterocycles. The van der Waals surface area contributed by atoms with Crippen molar-refractivity contribution in [3.63, 3.8) is 0 Å². The Morgan fingerprint density at radius 2 is 2.04 bits per heavy atom. The van der Waals surface area contributed by atoms with Crippen molar-refractivity contribution in [2.45, 2.75) is 57.7 Å². The molecule has 26 heavy (non-hydrogen) atoms. The smallest absolute Gasteiger partial charge is 0.422 e. The molecule has 0 bridgehead atoms. The van der Waals surface area contributed by atoms with E-state index in [-0.39, 0.29) is 23.6 Å². The Kier molecular flexibility index (Phi) is 5.93. The molecule has 1 aliphatic heterocycles. The third-order valence-electron chi connectivity index (χ3n) is 3.42. The molecule has 2 heterocycles. The highest BCUT2D eigenvalue weighted by Gasteiger charge is 2.35. The largest absolute Gasteiger partial charge is 0.468 e. The maximum atomic E-state index is 13.3. The zero-order valence-corrected chi connectivity index (χ0v) is 15.1. The second-order valence-electron chi connectivity index (χ2n) is 6.19. The van der Waals surface area contributed by atoms with Crippen LogP contribution in [0.2, 0.25) is 0 Å². The van der Waals surface area contributed by atoms with Crippen LogP contribution in [0.15, 0.2) is 5.16 Å². The van der Waals surface area contributed by atoms with Crippen LogP contribution < -0.4 is 4.74 Å². The quantitative estimate of drug-likeness (QED) is 0.682. The molecule has 1 aliphatic rings. The average molecular weight is 403 g/mol. The highest BCUT2D eigenvalue weighted by molar-refractivity contribution is 7.99. The number of aryl methyl sites for hydroxylation is 1. The number of halogens is 5. The molecule has 0 aromatic carbocycles. The Morgan fingerprint density at radius 1 is 1.38 bits per heavy atom. The first-order chi connectivity index (χ1) is 11.9. The van der Waals surface area contributed by atoms with Gasteiger partial charge in [0.15, 0.2) is 6.61 Å². The number of ether oxygens (including phenoxy) is 1. The molecule has 12 heteroatoms. The molecule has 0 aliphatic carbocycles. The van der Waals surface area contributed by atoms with Crippen molar-refractivity contribution in [2.24, 2.45) is 5.16 Å². The van der Waals surface area contributed by atoms with E-state index in [1.807, 2.05) is 0 Å². The van der Waals surface area contributed by atoms with Crippen LogP contribution in [-0.2, 0) is 27.9 Å². The summed E-state index contributed by atoms with van der Waals surface area (Å²) in [5, 5.41) is 7.43. The molecule has 148 valence electrons. The van der Waals surface area contributed by atoms with Crippen LogP contribution in [0, 0.1) is 0 Å². The summed E-state index contributed by atoms with van der Waals surface area (Å²) in [5.41, 5.74) is -1.76. The minimum Gasteiger partial charge on any atom is -0.468 e. The Balaban J connectivity index is 2.32. The maximum Gasteiger partial charge on any atom is 0.422 e. The minimum atomic E-state index is -4.66. The molecule has 0 radical (unpaired) electrons. The minimum absolute atomic E-state index is 0.0105. The Labute approximate surface area is 148 Å². The second-order valence-corrected chi connectivity index (χ2v) is 7.64. The van der Waals surface area contributed by atoms with Crippen molar-refractivity contribution in [2.75, 3.05) is 6.61 Å². The van der Waals surface area contributed by atoms with Gasteiger partial charge in [-0.3, -0.25) is 4.21 Å². The van der Waals surface area contributed by atoms with Gasteiger partial charge in [-0.25, -0.2) is 13.5 Å². The van der Waals surface area contributed by atoms with Crippen molar-refractivity contribution in [1.29, 1.82) is 0 Å². The summed E-state index contributed by atoms with van der Waals surface area (Å²) in [6, 6.07) is 0. The van der Waals surface area contributed by atoms with Gasteiger partial charge in [0.1, 0.15) is 16.3 Å². The topological polar surface area (TPSA) is 65.7 Å². The fraction of sp³-hybridized carbons (Fsp3) is 0.714. The number of hydrogen-bond acceptors (Lipinski definition) is 5. The fourth-order valence-electron chi connectivity index (χ4n) is 2.28. The zero-order valence-electron chi connectivity index (χ0n) is 14.3. The summed E-state index contributed by atoms with van der Waals surface area (Å²) >= 11 is 0. The van der Waals surface area contributed by atoms with Crippen LogP contribution in [-0.4, -0.2) is 37.4 Å². The lowest BCUT2D eigenvalue weighted by Gasteiger charge is -2.13. The van der Waals surface area contributed by atoms with Crippen LogP contribution in [0.4, 0.5) is 22.0 Å². The normalized spacial score (nSPS) is 18.0. The van der Waals surface area contributed by atoms with Crippen molar-refractivity contribution in [3.05, 3.63) is 11.3 Å². The standard InChI is InChI=1S/C14H18F5N3O3S/c1-4-22-12(24-7-14(17,18)19)8(10(20-22)11(15)16)6-26(23)9-5-13(2,3)25-21-9/h11H,4-7H2,1-3H3. The molecule has 1 atom stereocenters. The van der Waals surface area contributed by atoms with Gasteiger partial charge in [0.05, 0.1) is 22.1 Å². The van der Waals surface area contributed by atoms with Crippen molar-refractivity contribution < 1.29 is 35.7 Å². The molecule has 0 fully saturated rings. The highest BCUT2D eigenvalue weighted by Crippen LogP contribution is 2.33. The summed E-state index contributed by atoms with van der Waals surface area (Å²) in [6.45, 7) is 3.27. The van der Waals surface area contributed by atoms with Gasteiger partial charge in [-0.1, -0.05) is 5.16 Å². The van der Waals surface area contributed by atoms with Gasteiger partial charge in [-0.2, -0.15) is 18.3 Å². The molecule has 1 aromatic rings. The third-order valence-corrected chi connectivity index (χ3v) is 4.71. The Hall–Kier alpha value is -1.72. The van der Waals surface area contributed by atoms with Gasteiger partial charge in [-0.15, -0.1) is 0 Å². The number of oxime groups is 1. The van der Waals surface area contributed by atoms with Crippen LogP contribution >= 0.6 is 0 Å². The summed E-state index contributed by atoms with van der Waals surface area (Å²) in [6.07, 6.45) is -7.50. The number of nitrogens with zero attached hydrogens (tertiary/aromatic N) is 3. The van der Waals surface area contributed by atoms with Gasteiger partial charge in [0, 0.05) is 13.0 Å². The van der Waals surface area contributed by atoms with Gasteiger partial charge in [0.2, 0.25) is 5.88 Å². The van der Waals surface area contributed by atoms with Gasteiger partial charge < -0.3 is 9.57 Å². The fourth-order valence-corrected chi connectivity index (χ4v) is 3.61. The highest BCUT2D eigenvalue weighted by atomic mass is 32.2. The van der Waals surface area contributed by atoms with Gasteiger partial charge >= 0.3 is 6.18 Å². The first-order valence-electron chi connectivity index (χ1n) is 7.64. The molecular weight excluding hydrogens is 385 g/mol.